The fourth-order valence-corrected chi connectivity index (χ4v) is 4.71. The molecule has 3 aromatic rings. The number of hydrogen-bond acceptors (Lipinski definition) is 2. The second-order valence-corrected chi connectivity index (χ2v) is 8.52. The SMILES string of the molecule is Cn1c(=O)[nH]c([C@H]2CC[C@H](c3ccccc3)CC2)c(Cc2cccc(C(F)(F)F)c2)c1=O. The number of benzene rings is 2. The van der Waals surface area contributed by atoms with Crippen LogP contribution in [0.25, 0.3) is 0 Å². The third-order valence-corrected chi connectivity index (χ3v) is 6.48. The van der Waals surface area contributed by atoms with Crippen LogP contribution in [-0.4, -0.2) is 9.55 Å². The molecule has 0 saturated heterocycles. The monoisotopic (exact) mass is 442 g/mol. The van der Waals surface area contributed by atoms with E-state index < -0.39 is 23.0 Å². The van der Waals surface area contributed by atoms with Crippen molar-refractivity contribution in [2.24, 2.45) is 7.05 Å². The molecule has 1 fully saturated rings. The van der Waals surface area contributed by atoms with Gasteiger partial charge in [-0.3, -0.25) is 9.36 Å². The first-order valence-electron chi connectivity index (χ1n) is 10.8. The van der Waals surface area contributed by atoms with Crippen molar-refractivity contribution in [1.29, 1.82) is 0 Å². The Kier molecular flexibility index (Phi) is 6.09. The maximum Gasteiger partial charge on any atom is 0.416 e. The molecule has 1 saturated carbocycles. The molecule has 1 aliphatic rings. The van der Waals surface area contributed by atoms with Crippen molar-refractivity contribution < 1.29 is 13.2 Å². The van der Waals surface area contributed by atoms with Gasteiger partial charge in [-0.2, -0.15) is 13.2 Å². The molecule has 1 aromatic heterocycles. The maximum atomic E-state index is 13.1. The van der Waals surface area contributed by atoms with E-state index in [1.165, 1.54) is 18.7 Å². The van der Waals surface area contributed by atoms with Gasteiger partial charge < -0.3 is 4.98 Å². The minimum Gasteiger partial charge on any atom is -0.310 e. The molecule has 0 aliphatic heterocycles. The fourth-order valence-electron chi connectivity index (χ4n) is 4.71. The fraction of sp³-hybridized carbons (Fsp3) is 0.360. The van der Waals surface area contributed by atoms with Crippen LogP contribution >= 0.6 is 0 Å². The van der Waals surface area contributed by atoms with Gasteiger partial charge in [-0.05, 0) is 54.7 Å². The summed E-state index contributed by atoms with van der Waals surface area (Å²) in [7, 11) is 1.38. The van der Waals surface area contributed by atoms with E-state index in [1.54, 1.807) is 6.07 Å². The summed E-state index contributed by atoms with van der Waals surface area (Å²) in [6.45, 7) is 0. The Hall–Kier alpha value is -3.09. The van der Waals surface area contributed by atoms with Gasteiger partial charge in [0.05, 0.1) is 5.56 Å². The minimum absolute atomic E-state index is 0.00244. The second kappa shape index (κ2) is 8.81. The van der Waals surface area contributed by atoms with E-state index in [9.17, 15) is 22.8 Å². The van der Waals surface area contributed by atoms with Crippen LogP contribution in [0.4, 0.5) is 13.2 Å². The summed E-state index contributed by atoms with van der Waals surface area (Å²) in [6, 6.07) is 15.3. The summed E-state index contributed by atoms with van der Waals surface area (Å²) in [5.41, 5.74) is 0.919. The number of halogens is 3. The topological polar surface area (TPSA) is 54.9 Å². The molecule has 0 atom stereocenters. The van der Waals surface area contributed by atoms with Crippen molar-refractivity contribution >= 4 is 0 Å². The number of alkyl halides is 3. The van der Waals surface area contributed by atoms with Gasteiger partial charge in [0.1, 0.15) is 0 Å². The van der Waals surface area contributed by atoms with Crippen LogP contribution in [-0.2, 0) is 19.6 Å². The van der Waals surface area contributed by atoms with Crippen LogP contribution < -0.4 is 11.2 Å². The number of H-pyrrole nitrogens is 1. The third-order valence-electron chi connectivity index (χ3n) is 6.48. The number of nitrogens with zero attached hydrogens (tertiary/aromatic N) is 1. The lowest BCUT2D eigenvalue weighted by Crippen LogP contribution is -2.37. The molecule has 168 valence electrons. The molecule has 0 radical (unpaired) electrons. The first-order valence-corrected chi connectivity index (χ1v) is 10.8. The lowest BCUT2D eigenvalue weighted by Gasteiger charge is -2.30. The van der Waals surface area contributed by atoms with Gasteiger partial charge in [0.2, 0.25) is 0 Å². The highest BCUT2D eigenvalue weighted by Gasteiger charge is 2.31. The van der Waals surface area contributed by atoms with Gasteiger partial charge in [-0.1, -0.05) is 48.5 Å². The van der Waals surface area contributed by atoms with E-state index in [2.05, 4.69) is 17.1 Å². The van der Waals surface area contributed by atoms with Gasteiger partial charge in [0.15, 0.2) is 0 Å². The number of aromatic amines is 1. The first-order chi connectivity index (χ1) is 15.2. The van der Waals surface area contributed by atoms with E-state index in [0.29, 0.717) is 22.7 Å². The summed E-state index contributed by atoms with van der Waals surface area (Å²) >= 11 is 0. The Morgan fingerprint density at radius 1 is 0.938 bits per heavy atom. The lowest BCUT2D eigenvalue weighted by atomic mass is 9.76. The number of aromatic nitrogens is 2. The van der Waals surface area contributed by atoms with Crippen LogP contribution in [0.1, 0.15) is 65.5 Å². The molecule has 1 heterocycles. The molecular formula is C25H25F3N2O2. The highest BCUT2D eigenvalue weighted by atomic mass is 19.4. The number of nitrogens with one attached hydrogen (secondary N) is 1. The number of rotatable bonds is 4. The lowest BCUT2D eigenvalue weighted by molar-refractivity contribution is -0.137. The Morgan fingerprint density at radius 3 is 2.25 bits per heavy atom. The van der Waals surface area contributed by atoms with Crippen molar-refractivity contribution in [1.82, 2.24) is 9.55 Å². The molecule has 7 heteroatoms. The number of hydrogen-bond donors (Lipinski definition) is 1. The molecule has 1 aliphatic carbocycles. The molecule has 0 bridgehead atoms. The quantitative estimate of drug-likeness (QED) is 0.610. The van der Waals surface area contributed by atoms with Crippen molar-refractivity contribution in [2.45, 2.75) is 50.1 Å². The zero-order valence-electron chi connectivity index (χ0n) is 17.8. The standard InChI is InChI=1S/C25H25F3N2O2/c1-30-23(31)21(15-16-6-5-9-20(14-16)25(26,27)28)22(29-24(30)32)19-12-10-18(11-13-19)17-7-3-2-4-8-17/h2-9,14,18-19H,10-13,15H2,1H3,(H,29,32)/t18-,19-. The van der Waals surface area contributed by atoms with E-state index in [4.69, 9.17) is 0 Å². The molecule has 2 aromatic carbocycles. The van der Waals surface area contributed by atoms with Gasteiger partial charge >= 0.3 is 11.9 Å². The van der Waals surface area contributed by atoms with Gasteiger partial charge in [-0.25, -0.2) is 4.79 Å². The van der Waals surface area contributed by atoms with Crippen molar-refractivity contribution in [3.05, 3.63) is 103 Å². The molecule has 0 spiro atoms. The van der Waals surface area contributed by atoms with Crippen LogP contribution in [0.15, 0.2) is 64.2 Å². The molecule has 0 amide bonds. The zero-order valence-corrected chi connectivity index (χ0v) is 17.8. The summed E-state index contributed by atoms with van der Waals surface area (Å²) in [6.07, 6.45) is -0.952. The van der Waals surface area contributed by atoms with Crippen molar-refractivity contribution in [3.8, 4) is 0 Å². The predicted molar refractivity (Wildman–Crippen MR) is 117 cm³/mol. The van der Waals surface area contributed by atoms with E-state index in [0.717, 1.165) is 42.4 Å². The third kappa shape index (κ3) is 4.56. The van der Waals surface area contributed by atoms with Gasteiger partial charge in [0, 0.05) is 24.7 Å². The summed E-state index contributed by atoms with van der Waals surface area (Å²) in [5.74, 6) is 0.426. The van der Waals surface area contributed by atoms with Crippen LogP contribution in [0.2, 0.25) is 0 Å². The molecular weight excluding hydrogens is 417 g/mol. The average molecular weight is 442 g/mol. The van der Waals surface area contributed by atoms with E-state index >= 15 is 0 Å². The Labute approximate surface area is 183 Å². The Balaban J connectivity index is 1.64. The average Bonchev–Trinajstić information content (AvgIpc) is 2.80. The largest absolute Gasteiger partial charge is 0.416 e. The molecule has 4 nitrogen and oxygen atoms in total. The van der Waals surface area contributed by atoms with Crippen molar-refractivity contribution in [3.63, 3.8) is 0 Å². The van der Waals surface area contributed by atoms with Gasteiger partial charge in [0.25, 0.3) is 5.56 Å². The predicted octanol–water partition coefficient (Wildman–Crippen LogP) is 5.12. The maximum absolute atomic E-state index is 13.1. The normalized spacial score (nSPS) is 19.1. The highest BCUT2D eigenvalue weighted by molar-refractivity contribution is 5.33. The Morgan fingerprint density at radius 2 is 1.59 bits per heavy atom. The second-order valence-electron chi connectivity index (χ2n) is 8.52. The summed E-state index contributed by atoms with van der Waals surface area (Å²) in [5, 5.41) is 0. The van der Waals surface area contributed by atoms with Crippen LogP contribution in [0.3, 0.4) is 0 Å². The summed E-state index contributed by atoms with van der Waals surface area (Å²) < 4.78 is 40.4. The van der Waals surface area contributed by atoms with E-state index in [-0.39, 0.29) is 12.3 Å². The van der Waals surface area contributed by atoms with Gasteiger partial charge in [-0.15, -0.1) is 0 Å². The van der Waals surface area contributed by atoms with Crippen LogP contribution in [0, 0.1) is 0 Å². The van der Waals surface area contributed by atoms with Crippen molar-refractivity contribution in [2.75, 3.05) is 0 Å². The van der Waals surface area contributed by atoms with Crippen LogP contribution in [0.5, 0.6) is 0 Å². The first kappa shape index (κ1) is 22.1. The molecule has 0 unspecified atom stereocenters. The molecule has 4 rings (SSSR count). The van der Waals surface area contributed by atoms with E-state index in [1.807, 2.05) is 18.2 Å². The highest BCUT2D eigenvalue weighted by Crippen LogP contribution is 2.40. The zero-order chi connectivity index (χ0) is 22.9. The molecule has 1 N–H and O–H groups in total. The minimum atomic E-state index is -4.45. The summed E-state index contributed by atoms with van der Waals surface area (Å²) in [4.78, 5) is 28.1. The Bertz CT molecular complexity index is 1200. The molecule has 32 heavy (non-hydrogen) atoms. The smallest absolute Gasteiger partial charge is 0.310 e.